The second-order valence-electron chi connectivity index (χ2n) is 4.45. The number of nitro benzene ring substituents is 1. The molecule has 21 heavy (non-hydrogen) atoms. The molecule has 1 rings (SSSR count). The number of carboxylic acid groups (broad SMARTS) is 1. The van der Waals surface area contributed by atoms with Crippen LogP contribution in [-0.4, -0.2) is 34.5 Å². The normalized spacial score (nSPS) is 11.5. The van der Waals surface area contributed by atoms with E-state index < -0.39 is 16.9 Å². The molecular weight excluding hydrogens is 278 g/mol. The maximum Gasteiger partial charge on any atom is 0.335 e. The second-order valence-corrected chi connectivity index (χ2v) is 4.45. The first-order valence-electron chi connectivity index (χ1n) is 6.42. The quantitative estimate of drug-likeness (QED) is 0.519. The molecule has 0 fully saturated rings. The van der Waals surface area contributed by atoms with E-state index in [4.69, 9.17) is 5.11 Å². The Hall–Kier alpha value is -2.64. The van der Waals surface area contributed by atoms with E-state index >= 15 is 0 Å². The average molecular weight is 295 g/mol. The van der Waals surface area contributed by atoms with Gasteiger partial charge in [-0.2, -0.15) is 0 Å². The molecule has 1 unspecified atom stereocenters. The number of anilines is 1. The van der Waals surface area contributed by atoms with Crippen LogP contribution in [0.15, 0.2) is 18.2 Å². The zero-order valence-electron chi connectivity index (χ0n) is 11.8. The van der Waals surface area contributed by atoms with Crippen LogP contribution in [0.3, 0.4) is 0 Å². The van der Waals surface area contributed by atoms with Gasteiger partial charge >= 0.3 is 5.97 Å². The predicted octanol–water partition coefficient (Wildman–Crippen LogP) is 1.62. The van der Waals surface area contributed by atoms with Crippen LogP contribution >= 0.6 is 0 Å². The summed E-state index contributed by atoms with van der Waals surface area (Å²) in [6, 6.07) is 2.67. The summed E-state index contributed by atoms with van der Waals surface area (Å²) in [4.78, 5) is 33.0. The zero-order chi connectivity index (χ0) is 16.0. The van der Waals surface area contributed by atoms with E-state index in [1.54, 1.807) is 6.92 Å². The van der Waals surface area contributed by atoms with Crippen molar-refractivity contribution in [3.05, 3.63) is 33.9 Å². The first kappa shape index (κ1) is 16.4. The van der Waals surface area contributed by atoms with Crippen molar-refractivity contribution in [1.29, 1.82) is 0 Å². The first-order valence-corrected chi connectivity index (χ1v) is 6.42. The van der Waals surface area contributed by atoms with Crippen molar-refractivity contribution in [1.82, 2.24) is 5.32 Å². The van der Waals surface area contributed by atoms with Gasteiger partial charge in [-0.25, -0.2) is 4.79 Å². The van der Waals surface area contributed by atoms with Crippen molar-refractivity contribution in [2.75, 3.05) is 11.9 Å². The van der Waals surface area contributed by atoms with Crippen LogP contribution < -0.4 is 10.6 Å². The molecule has 1 aromatic carbocycles. The third kappa shape index (κ3) is 4.44. The minimum Gasteiger partial charge on any atom is -0.478 e. The van der Waals surface area contributed by atoms with E-state index in [0.717, 1.165) is 24.6 Å². The van der Waals surface area contributed by atoms with Crippen LogP contribution in [0, 0.1) is 10.1 Å². The molecule has 0 saturated heterocycles. The lowest BCUT2D eigenvalue weighted by Crippen LogP contribution is -2.38. The van der Waals surface area contributed by atoms with Gasteiger partial charge in [0, 0.05) is 12.6 Å². The summed E-state index contributed by atoms with van der Waals surface area (Å²) in [5, 5.41) is 25.2. The highest BCUT2D eigenvalue weighted by molar-refractivity contribution is 5.91. The van der Waals surface area contributed by atoms with Crippen molar-refractivity contribution >= 4 is 23.3 Å². The summed E-state index contributed by atoms with van der Waals surface area (Å²) in [5.74, 6) is -1.51. The number of nitro groups is 1. The zero-order valence-corrected chi connectivity index (χ0v) is 11.8. The Morgan fingerprint density at radius 1 is 1.43 bits per heavy atom. The first-order chi connectivity index (χ1) is 9.86. The molecule has 8 nitrogen and oxygen atoms in total. The Morgan fingerprint density at radius 2 is 2.10 bits per heavy atom. The van der Waals surface area contributed by atoms with Crippen LogP contribution in [0.25, 0.3) is 0 Å². The lowest BCUT2D eigenvalue weighted by molar-refractivity contribution is -0.384. The Morgan fingerprint density at radius 3 is 2.62 bits per heavy atom. The Balaban J connectivity index is 2.98. The van der Waals surface area contributed by atoms with E-state index in [0.29, 0.717) is 6.54 Å². The molecule has 0 heterocycles. The number of hydrogen-bond acceptors (Lipinski definition) is 5. The Bertz CT molecular complexity index is 559. The fraction of sp³-hybridized carbons (Fsp3) is 0.385. The van der Waals surface area contributed by atoms with Crippen LogP contribution in [0.2, 0.25) is 0 Å². The molecule has 0 aliphatic rings. The number of aromatic carboxylic acids is 1. The van der Waals surface area contributed by atoms with Gasteiger partial charge in [0.15, 0.2) is 0 Å². The van der Waals surface area contributed by atoms with Crippen molar-refractivity contribution in [3.63, 3.8) is 0 Å². The summed E-state index contributed by atoms with van der Waals surface area (Å²) in [6.45, 7) is 3.95. The number of carboxylic acids is 1. The fourth-order valence-corrected chi connectivity index (χ4v) is 1.64. The lowest BCUT2D eigenvalue weighted by atomic mass is 10.1. The van der Waals surface area contributed by atoms with Gasteiger partial charge in [-0.3, -0.25) is 14.9 Å². The predicted molar refractivity (Wildman–Crippen MR) is 76.4 cm³/mol. The van der Waals surface area contributed by atoms with Gasteiger partial charge in [-0.05, 0) is 25.5 Å². The number of carbonyl (C=O) groups is 2. The third-order valence-electron chi connectivity index (χ3n) is 2.75. The Kier molecular flexibility index (Phi) is 5.65. The van der Waals surface area contributed by atoms with E-state index in [2.05, 4.69) is 10.6 Å². The summed E-state index contributed by atoms with van der Waals surface area (Å²) in [6.07, 6.45) is 0.771. The summed E-state index contributed by atoms with van der Waals surface area (Å²) in [7, 11) is 0. The number of carbonyl (C=O) groups excluding carboxylic acids is 1. The van der Waals surface area contributed by atoms with Crippen molar-refractivity contribution in [3.8, 4) is 0 Å². The second kappa shape index (κ2) is 7.22. The number of nitrogens with zero attached hydrogens (tertiary/aromatic N) is 1. The number of hydrogen-bond donors (Lipinski definition) is 3. The van der Waals surface area contributed by atoms with Gasteiger partial charge < -0.3 is 15.7 Å². The Labute approximate surface area is 121 Å². The van der Waals surface area contributed by atoms with Crippen LogP contribution in [-0.2, 0) is 4.79 Å². The number of rotatable bonds is 7. The van der Waals surface area contributed by atoms with Crippen molar-refractivity contribution < 1.29 is 19.6 Å². The average Bonchev–Trinajstić information content (AvgIpc) is 2.44. The molecule has 1 aromatic rings. The maximum absolute atomic E-state index is 11.7. The highest BCUT2D eigenvalue weighted by Gasteiger charge is 2.20. The molecule has 0 radical (unpaired) electrons. The van der Waals surface area contributed by atoms with Gasteiger partial charge in [-0.1, -0.05) is 6.92 Å². The van der Waals surface area contributed by atoms with Crippen LogP contribution in [0.1, 0.15) is 30.6 Å². The SMILES string of the molecule is CCCNC(=O)C(C)Nc1cc(C(=O)O)ccc1[N+](=O)[O-]. The molecule has 0 aromatic heterocycles. The maximum atomic E-state index is 11.7. The van der Waals surface area contributed by atoms with E-state index in [1.165, 1.54) is 0 Å². The molecule has 0 saturated carbocycles. The fourth-order valence-electron chi connectivity index (χ4n) is 1.64. The summed E-state index contributed by atoms with van der Waals surface area (Å²) in [5.41, 5.74) is -0.376. The molecule has 114 valence electrons. The monoisotopic (exact) mass is 295 g/mol. The van der Waals surface area contributed by atoms with Crippen LogP contribution in [0.4, 0.5) is 11.4 Å². The van der Waals surface area contributed by atoms with Crippen molar-refractivity contribution in [2.24, 2.45) is 0 Å². The van der Waals surface area contributed by atoms with Gasteiger partial charge in [0.05, 0.1) is 10.5 Å². The standard InChI is InChI=1S/C13H17N3O5/c1-3-6-14-12(17)8(2)15-10-7-9(13(18)19)4-5-11(10)16(20)21/h4-5,7-8,15H,3,6H2,1-2H3,(H,14,17)(H,18,19). The summed E-state index contributed by atoms with van der Waals surface area (Å²) < 4.78 is 0. The minimum atomic E-state index is -1.20. The molecule has 0 aliphatic carbocycles. The number of benzene rings is 1. The van der Waals surface area contributed by atoms with E-state index in [-0.39, 0.29) is 22.8 Å². The van der Waals surface area contributed by atoms with Gasteiger partial charge in [0.25, 0.3) is 5.69 Å². The molecule has 0 aliphatic heterocycles. The van der Waals surface area contributed by atoms with Gasteiger partial charge in [0.1, 0.15) is 11.7 Å². The van der Waals surface area contributed by atoms with E-state index in [1.807, 2.05) is 6.92 Å². The highest BCUT2D eigenvalue weighted by atomic mass is 16.6. The smallest absolute Gasteiger partial charge is 0.335 e. The molecule has 1 atom stereocenters. The van der Waals surface area contributed by atoms with E-state index in [9.17, 15) is 19.7 Å². The third-order valence-corrected chi connectivity index (χ3v) is 2.75. The molecule has 3 N–H and O–H groups in total. The molecular formula is C13H17N3O5. The summed E-state index contributed by atoms with van der Waals surface area (Å²) >= 11 is 0. The highest BCUT2D eigenvalue weighted by Crippen LogP contribution is 2.26. The largest absolute Gasteiger partial charge is 0.478 e. The molecule has 1 amide bonds. The molecule has 8 heteroatoms. The number of amides is 1. The van der Waals surface area contributed by atoms with Gasteiger partial charge in [-0.15, -0.1) is 0 Å². The number of nitrogens with one attached hydrogen (secondary N) is 2. The minimum absolute atomic E-state index is 0.000881. The molecule has 0 spiro atoms. The lowest BCUT2D eigenvalue weighted by Gasteiger charge is -2.15. The van der Waals surface area contributed by atoms with Crippen molar-refractivity contribution in [2.45, 2.75) is 26.3 Å². The van der Waals surface area contributed by atoms with Crippen LogP contribution in [0.5, 0.6) is 0 Å². The molecule has 0 bridgehead atoms. The van der Waals surface area contributed by atoms with Gasteiger partial charge in [0.2, 0.25) is 5.91 Å². The topological polar surface area (TPSA) is 122 Å².